The van der Waals surface area contributed by atoms with Gasteiger partial charge in [-0.15, -0.1) is 0 Å². The molecule has 4 nitrogen and oxygen atoms in total. The molecule has 0 unspecified atom stereocenters. The molecule has 0 aliphatic carbocycles. The maximum Gasteiger partial charge on any atom is 0.253 e. The first-order valence-electron chi connectivity index (χ1n) is 7.39. The Hall–Kier alpha value is -2.30. The Kier molecular flexibility index (Phi) is 5.18. The van der Waals surface area contributed by atoms with Crippen LogP contribution in [0.4, 0.5) is 0 Å². The molecular formula is C18H15Cl2N3O. The van der Waals surface area contributed by atoms with Crippen LogP contribution >= 0.6 is 23.2 Å². The van der Waals surface area contributed by atoms with Gasteiger partial charge in [0.25, 0.3) is 5.91 Å². The number of rotatable bonds is 5. The fourth-order valence-corrected chi connectivity index (χ4v) is 2.70. The number of aromatic nitrogens is 2. The number of halogens is 2. The smallest absolute Gasteiger partial charge is 0.253 e. The summed E-state index contributed by atoms with van der Waals surface area (Å²) in [7, 11) is 0. The first-order chi connectivity index (χ1) is 11.6. The zero-order valence-corrected chi connectivity index (χ0v) is 14.3. The van der Waals surface area contributed by atoms with Gasteiger partial charge in [0.15, 0.2) is 0 Å². The average Bonchev–Trinajstić information content (AvgIpc) is 3.09. The van der Waals surface area contributed by atoms with Gasteiger partial charge in [-0.05, 0) is 23.3 Å². The molecule has 1 N–H and O–H groups in total. The van der Waals surface area contributed by atoms with Crippen molar-refractivity contribution in [2.45, 2.75) is 13.1 Å². The number of imidazole rings is 1. The molecule has 0 fully saturated rings. The van der Waals surface area contributed by atoms with Gasteiger partial charge >= 0.3 is 0 Å². The Bertz CT molecular complexity index is 830. The van der Waals surface area contributed by atoms with Crippen molar-refractivity contribution < 1.29 is 4.79 Å². The fraction of sp³-hybridized carbons (Fsp3) is 0.111. The Labute approximate surface area is 150 Å². The SMILES string of the molecule is O=C(NCc1ccc(Cn2ccnc2)cc1)c1cccc(Cl)c1Cl. The molecular weight excluding hydrogens is 345 g/mol. The number of hydrogen-bond acceptors (Lipinski definition) is 2. The molecule has 122 valence electrons. The highest BCUT2D eigenvalue weighted by molar-refractivity contribution is 6.43. The molecule has 0 aliphatic rings. The predicted molar refractivity (Wildman–Crippen MR) is 95.4 cm³/mol. The molecule has 0 spiro atoms. The number of hydrogen-bond donors (Lipinski definition) is 1. The summed E-state index contributed by atoms with van der Waals surface area (Å²) in [4.78, 5) is 16.2. The molecule has 1 amide bonds. The molecule has 0 saturated heterocycles. The van der Waals surface area contributed by atoms with Crippen molar-refractivity contribution in [3.8, 4) is 0 Å². The van der Waals surface area contributed by atoms with Crippen LogP contribution in [0, 0.1) is 0 Å². The largest absolute Gasteiger partial charge is 0.348 e. The van der Waals surface area contributed by atoms with Gasteiger partial charge in [0.05, 0.1) is 21.9 Å². The number of nitrogens with one attached hydrogen (secondary N) is 1. The molecule has 3 aromatic rings. The Balaban J connectivity index is 1.60. The highest BCUT2D eigenvalue weighted by Gasteiger charge is 2.12. The fourth-order valence-electron chi connectivity index (χ4n) is 2.31. The third kappa shape index (κ3) is 3.96. The van der Waals surface area contributed by atoms with E-state index in [1.165, 1.54) is 5.56 Å². The molecule has 3 rings (SSSR count). The molecule has 0 bridgehead atoms. The van der Waals surface area contributed by atoms with Gasteiger partial charge in [-0.2, -0.15) is 0 Å². The van der Waals surface area contributed by atoms with E-state index in [1.54, 1.807) is 30.7 Å². The minimum Gasteiger partial charge on any atom is -0.348 e. The lowest BCUT2D eigenvalue weighted by molar-refractivity contribution is 0.0951. The van der Waals surface area contributed by atoms with Crippen LogP contribution in [0.2, 0.25) is 10.0 Å². The molecule has 6 heteroatoms. The van der Waals surface area contributed by atoms with E-state index in [4.69, 9.17) is 23.2 Å². The van der Waals surface area contributed by atoms with E-state index in [2.05, 4.69) is 10.3 Å². The van der Waals surface area contributed by atoms with Crippen LogP contribution in [0.3, 0.4) is 0 Å². The second-order valence-corrected chi connectivity index (χ2v) is 6.12. The molecule has 0 atom stereocenters. The third-order valence-corrected chi connectivity index (χ3v) is 4.42. The molecule has 0 aliphatic heterocycles. The van der Waals surface area contributed by atoms with Crippen molar-refractivity contribution in [3.05, 3.63) is 87.9 Å². The van der Waals surface area contributed by atoms with Crippen LogP contribution in [-0.4, -0.2) is 15.5 Å². The summed E-state index contributed by atoms with van der Waals surface area (Å²) in [6.45, 7) is 1.19. The second kappa shape index (κ2) is 7.51. The van der Waals surface area contributed by atoms with E-state index < -0.39 is 0 Å². The topological polar surface area (TPSA) is 46.9 Å². The second-order valence-electron chi connectivity index (χ2n) is 5.34. The van der Waals surface area contributed by atoms with Crippen LogP contribution in [0.5, 0.6) is 0 Å². The molecule has 0 radical (unpaired) electrons. The van der Waals surface area contributed by atoms with E-state index in [0.717, 1.165) is 12.1 Å². The number of carbonyl (C=O) groups excluding carboxylic acids is 1. The van der Waals surface area contributed by atoms with Gasteiger partial charge in [-0.1, -0.05) is 53.5 Å². The van der Waals surface area contributed by atoms with Crippen LogP contribution < -0.4 is 5.32 Å². The lowest BCUT2D eigenvalue weighted by Gasteiger charge is -2.09. The average molecular weight is 360 g/mol. The summed E-state index contributed by atoms with van der Waals surface area (Å²) >= 11 is 12.0. The third-order valence-electron chi connectivity index (χ3n) is 3.60. The Morgan fingerprint density at radius 2 is 1.83 bits per heavy atom. The van der Waals surface area contributed by atoms with Gasteiger partial charge in [0, 0.05) is 25.5 Å². The summed E-state index contributed by atoms with van der Waals surface area (Å²) in [5, 5.41) is 3.49. The van der Waals surface area contributed by atoms with Crippen molar-refractivity contribution in [2.75, 3.05) is 0 Å². The van der Waals surface area contributed by atoms with E-state index in [0.29, 0.717) is 17.1 Å². The van der Waals surface area contributed by atoms with Gasteiger partial charge in [-0.25, -0.2) is 4.98 Å². The highest BCUT2D eigenvalue weighted by Crippen LogP contribution is 2.25. The predicted octanol–water partition coefficient (Wildman–Crippen LogP) is 4.17. The Morgan fingerprint density at radius 3 is 2.54 bits per heavy atom. The Morgan fingerprint density at radius 1 is 1.08 bits per heavy atom. The van der Waals surface area contributed by atoms with Crippen molar-refractivity contribution in [3.63, 3.8) is 0 Å². The summed E-state index contributed by atoms with van der Waals surface area (Å²) in [6.07, 6.45) is 5.45. The van der Waals surface area contributed by atoms with Gasteiger partial charge in [-0.3, -0.25) is 4.79 Å². The van der Waals surface area contributed by atoms with Crippen LogP contribution in [-0.2, 0) is 13.1 Å². The minimum absolute atomic E-state index is 0.245. The van der Waals surface area contributed by atoms with E-state index in [-0.39, 0.29) is 10.9 Å². The van der Waals surface area contributed by atoms with Crippen LogP contribution in [0.1, 0.15) is 21.5 Å². The molecule has 24 heavy (non-hydrogen) atoms. The summed E-state index contributed by atoms with van der Waals surface area (Å²) in [5.41, 5.74) is 2.55. The van der Waals surface area contributed by atoms with E-state index in [9.17, 15) is 4.79 Å². The summed E-state index contributed by atoms with van der Waals surface area (Å²) < 4.78 is 2.00. The monoisotopic (exact) mass is 359 g/mol. The number of nitrogens with zero attached hydrogens (tertiary/aromatic N) is 2. The van der Waals surface area contributed by atoms with Crippen molar-refractivity contribution in [2.24, 2.45) is 0 Å². The molecule has 1 heterocycles. The van der Waals surface area contributed by atoms with Crippen molar-refractivity contribution in [1.29, 1.82) is 0 Å². The van der Waals surface area contributed by atoms with Gasteiger partial charge in [0.2, 0.25) is 0 Å². The summed E-state index contributed by atoms with van der Waals surface area (Å²) in [6, 6.07) is 13.1. The number of amides is 1. The lowest BCUT2D eigenvalue weighted by atomic mass is 10.1. The molecule has 0 saturated carbocycles. The van der Waals surface area contributed by atoms with E-state index in [1.807, 2.05) is 35.0 Å². The zero-order chi connectivity index (χ0) is 16.9. The quantitative estimate of drug-likeness (QED) is 0.742. The number of carbonyl (C=O) groups is 1. The maximum absolute atomic E-state index is 12.2. The van der Waals surface area contributed by atoms with Crippen molar-refractivity contribution >= 4 is 29.1 Å². The van der Waals surface area contributed by atoms with Crippen LogP contribution in [0.15, 0.2) is 61.2 Å². The highest BCUT2D eigenvalue weighted by atomic mass is 35.5. The molecule has 1 aromatic heterocycles. The summed E-state index contributed by atoms with van der Waals surface area (Å²) in [5.74, 6) is -0.245. The van der Waals surface area contributed by atoms with Gasteiger partial charge in [0.1, 0.15) is 0 Å². The van der Waals surface area contributed by atoms with E-state index >= 15 is 0 Å². The lowest BCUT2D eigenvalue weighted by Crippen LogP contribution is -2.23. The zero-order valence-electron chi connectivity index (χ0n) is 12.7. The molecule has 2 aromatic carbocycles. The normalized spacial score (nSPS) is 10.6. The minimum atomic E-state index is -0.245. The van der Waals surface area contributed by atoms with Gasteiger partial charge < -0.3 is 9.88 Å². The first kappa shape index (κ1) is 16.6. The standard InChI is InChI=1S/C18H15Cl2N3O/c19-16-3-1-2-15(17(16)20)18(24)22-10-13-4-6-14(7-5-13)11-23-9-8-21-12-23/h1-9,12H,10-11H2,(H,22,24). The maximum atomic E-state index is 12.2. The van der Waals surface area contributed by atoms with Crippen molar-refractivity contribution in [1.82, 2.24) is 14.9 Å². The van der Waals surface area contributed by atoms with Crippen LogP contribution in [0.25, 0.3) is 0 Å². The first-order valence-corrected chi connectivity index (χ1v) is 8.15. The number of benzene rings is 2.